The molecule has 5 nitrogen and oxygen atoms in total. The molecule has 2 saturated heterocycles. The Labute approximate surface area is 86.4 Å². The quantitative estimate of drug-likeness (QED) is 0.613. The zero-order valence-electron chi connectivity index (χ0n) is 7.35. The number of carbonyl (C=O) groups is 1. The van der Waals surface area contributed by atoms with Gasteiger partial charge in [-0.15, -0.1) is 0 Å². The van der Waals surface area contributed by atoms with Crippen molar-refractivity contribution in [2.45, 2.75) is 17.7 Å². The van der Waals surface area contributed by atoms with E-state index in [4.69, 9.17) is 15.4 Å². The largest absolute Gasteiger partial charge is 0.377 e. The summed E-state index contributed by atoms with van der Waals surface area (Å²) in [4.78, 5) is 13.0. The molecule has 2 heterocycles. The van der Waals surface area contributed by atoms with Crippen LogP contribution in [0.2, 0.25) is 0 Å². The molecule has 7 heteroatoms. The van der Waals surface area contributed by atoms with E-state index in [0.29, 0.717) is 13.2 Å². The fourth-order valence-corrected chi connectivity index (χ4v) is 2.68. The average Bonchev–Trinajstić information content (AvgIpc) is 2.28. The predicted octanol–water partition coefficient (Wildman–Crippen LogP) is -0.445. The SMILES string of the molecule is O=C1CC(S(=O)(=O)Cl)CN1C1COC1. The third kappa shape index (κ3) is 1.74. The summed E-state index contributed by atoms with van der Waals surface area (Å²) in [7, 11) is 1.58. The first-order valence-corrected chi connectivity index (χ1v) is 6.66. The lowest BCUT2D eigenvalue weighted by atomic mass is 10.2. The van der Waals surface area contributed by atoms with E-state index in [9.17, 15) is 13.2 Å². The molecule has 0 N–H and O–H groups in total. The van der Waals surface area contributed by atoms with E-state index < -0.39 is 14.3 Å². The minimum absolute atomic E-state index is 0.00231. The van der Waals surface area contributed by atoms with E-state index in [0.717, 1.165) is 0 Å². The van der Waals surface area contributed by atoms with Gasteiger partial charge in [-0.25, -0.2) is 8.42 Å². The molecule has 1 atom stereocenters. The molecular formula is C7H10ClNO4S. The fraction of sp³-hybridized carbons (Fsp3) is 0.857. The molecule has 0 aromatic rings. The maximum atomic E-state index is 11.4. The van der Waals surface area contributed by atoms with Gasteiger partial charge in [-0.05, 0) is 0 Å². The highest BCUT2D eigenvalue weighted by Crippen LogP contribution is 2.25. The molecule has 1 amide bonds. The Hall–Kier alpha value is -0.330. The van der Waals surface area contributed by atoms with Crippen LogP contribution in [-0.4, -0.2) is 50.3 Å². The Bertz CT molecular complexity index is 351. The van der Waals surface area contributed by atoms with E-state index in [1.165, 1.54) is 0 Å². The van der Waals surface area contributed by atoms with Crippen LogP contribution in [-0.2, 0) is 18.6 Å². The minimum Gasteiger partial charge on any atom is -0.377 e. The molecule has 0 spiro atoms. The van der Waals surface area contributed by atoms with E-state index in [2.05, 4.69) is 0 Å². The second-order valence-corrected chi connectivity index (χ2v) is 6.45. The maximum Gasteiger partial charge on any atom is 0.237 e. The summed E-state index contributed by atoms with van der Waals surface area (Å²) in [5, 5.41) is -0.753. The third-order valence-electron chi connectivity index (χ3n) is 2.58. The van der Waals surface area contributed by atoms with Crippen molar-refractivity contribution in [3.05, 3.63) is 0 Å². The molecule has 2 rings (SSSR count). The Morgan fingerprint density at radius 2 is 2.07 bits per heavy atom. The number of likely N-dealkylation sites (tertiary alicyclic amines) is 1. The van der Waals surface area contributed by atoms with Gasteiger partial charge in [0, 0.05) is 23.6 Å². The van der Waals surface area contributed by atoms with Gasteiger partial charge >= 0.3 is 0 Å². The lowest BCUT2D eigenvalue weighted by molar-refractivity contribution is -0.139. The predicted molar refractivity (Wildman–Crippen MR) is 49.5 cm³/mol. The first-order chi connectivity index (χ1) is 6.48. The smallest absolute Gasteiger partial charge is 0.237 e. The van der Waals surface area contributed by atoms with Gasteiger partial charge in [0.1, 0.15) is 5.25 Å². The second-order valence-electron chi connectivity index (χ2n) is 3.54. The van der Waals surface area contributed by atoms with Gasteiger partial charge in [0.15, 0.2) is 0 Å². The Morgan fingerprint density at radius 3 is 2.43 bits per heavy atom. The lowest BCUT2D eigenvalue weighted by Gasteiger charge is -2.34. The third-order valence-corrected chi connectivity index (χ3v) is 4.45. The van der Waals surface area contributed by atoms with Crippen molar-refractivity contribution in [2.75, 3.05) is 19.8 Å². The van der Waals surface area contributed by atoms with Crippen LogP contribution in [0.4, 0.5) is 0 Å². The first kappa shape index (κ1) is 10.2. The molecule has 2 fully saturated rings. The van der Waals surface area contributed by atoms with Crippen LogP contribution >= 0.6 is 10.7 Å². The number of amides is 1. The van der Waals surface area contributed by atoms with Gasteiger partial charge < -0.3 is 9.64 Å². The van der Waals surface area contributed by atoms with Crippen molar-refractivity contribution in [2.24, 2.45) is 0 Å². The summed E-state index contributed by atoms with van der Waals surface area (Å²) in [6.45, 7) is 1.21. The van der Waals surface area contributed by atoms with E-state index >= 15 is 0 Å². The van der Waals surface area contributed by atoms with Crippen molar-refractivity contribution < 1.29 is 17.9 Å². The Morgan fingerprint density at radius 1 is 1.43 bits per heavy atom. The number of hydrogen-bond acceptors (Lipinski definition) is 4. The van der Waals surface area contributed by atoms with Crippen LogP contribution in [0.25, 0.3) is 0 Å². The summed E-state index contributed by atoms with van der Waals surface area (Å²) >= 11 is 0. The standard InChI is InChI=1S/C7H10ClNO4S/c8-14(11,12)6-1-7(10)9(2-6)5-3-13-4-5/h5-6H,1-4H2. The van der Waals surface area contributed by atoms with Crippen molar-refractivity contribution in [3.8, 4) is 0 Å². The molecule has 0 aromatic carbocycles. The number of ether oxygens (including phenoxy) is 1. The van der Waals surface area contributed by atoms with Crippen LogP contribution in [0, 0.1) is 0 Å². The molecule has 0 saturated carbocycles. The van der Waals surface area contributed by atoms with Crippen LogP contribution in [0.5, 0.6) is 0 Å². The van der Waals surface area contributed by atoms with Crippen LogP contribution < -0.4 is 0 Å². The number of hydrogen-bond donors (Lipinski definition) is 0. The van der Waals surface area contributed by atoms with E-state index in [-0.39, 0.29) is 24.9 Å². The maximum absolute atomic E-state index is 11.4. The molecule has 14 heavy (non-hydrogen) atoms. The number of nitrogens with zero attached hydrogens (tertiary/aromatic N) is 1. The monoisotopic (exact) mass is 239 g/mol. The van der Waals surface area contributed by atoms with Crippen LogP contribution in [0.1, 0.15) is 6.42 Å². The number of rotatable bonds is 2. The van der Waals surface area contributed by atoms with Crippen LogP contribution in [0.3, 0.4) is 0 Å². The second kappa shape index (κ2) is 3.36. The highest BCUT2D eigenvalue weighted by atomic mass is 35.7. The highest BCUT2D eigenvalue weighted by molar-refractivity contribution is 8.14. The lowest BCUT2D eigenvalue weighted by Crippen LogP contribution is -2.50. The highest BCUT2D eigenvalue weighted by Gasteiger charge is 2.42. The minimum atomic E-state index is -3.62. The Kier molecular flexibility index (Phi) is 2.45. The number of carbonyl (C=O) groups excluding carboxylic acids is 1. The molecule has 0 bridgehead atoms. The van der Waals surface area contributed by atoms with Crippen molar-refractivity contribution in [1.29, 1.82) is 0 Å². The fourth-order valence-electron chi connectivity index (χ4n) is 1.64. The van der Waals surface area contributed by atoms with E-state index in [1.807, 2.05) is 0 Å². The van der Waals surface area contributed by atoms with Crippen molar-refractivity contribution in [1.82, 2.24) is 4.90 Å². The molecule has 80 valence electrons. The van der Waals surface area contributed by atoms with Gasteiger partial charge in [-0.1, -0.05) is 0 Å². The van der Waals surface area contributed by atoms with Crippen molar-refractivity contribution >= 4 is 25.6 Å². The molecule has 0 aliphatic carbocycles. The Balaban J connectivity index is 2.07. The summed E-state index contributed by atoms with van der Waals surface area (Å²) in [6.07, 6.45) is 0.00231. The topological polar surface area (TPSA) is 63.7 Å². The van der Waals surface area contributed by atoms with Gasteiger partial charge in [-0.3, -0.25) is 4.79 Å². The molecule has 1 unspecified atom stereocenters. The molecular weight excluding hydrogens is 230 g/mol. The molecule has 2 aliphatic heterocycles. The van der Waals surface area contributed by atoms with Gasteiger partial charge in [-0.2, -0.15) is 0 Å². The first-order valence-electron chi connectivity index (χ1n) is 4.29. The van der Waals surface area contributed by atoms with E-state index in [1.54, 1.807) is 4.90 Å². The molecule has 0 aromatic heterocycles. The summed E-state index contributed by atoms with van der Waals surface area (Å²) in [6, 6.07) is 0.0471. The molecule has 2 aliphatic rings. The summed E-state index contributed by atoms with van der Waals surface area (Å²) < 4.78 is 27.0. The number of halogens is 1. The summed E-state index contributed by atoms with van der Waals surface area (Å²) in [5.74, 6) is -0.146. The van der Waals surface area contributed by atoms with Gasteiger partial charge in [0.05, 0.1) is 19.3 Å². The van der Waals surface area contributed by atoms with Crippen molar-refractivity contribution in [3.63, 3.8) is 0 Å². The zero-order chi connectivity index (χ0) is 10.3. The normalized spacial score (nSPS) is 29.4. The van der Waals surface area contributed by atoms with Gasteiger partial charge in [0.25, 0.3) is 0 Å². The molecule has 0 radical (unpaired) electrons. The van der Waals surface area contributed by atoms with Gasteiger partial charge in [0.2, 0.25) is 15.0 Å². The average molecular weight is 240 g/mol. The zero-order valence-corrected chi connectivity index (χ0v) is 8.92. The summed E-state index contributed by atoms with van der Waals surface area (Å²) in [5.41, 5.74) is 0. The van der Waals surface area contributed by atoms with Crippen LogP contribution in [0.15, 0.2) is 0 Å².